The lowest BCUT2D eigenvalue weighted by Crippen LogP contribution is -2.37. The second kappa shape index (κ2) is 13.9. The molecule has 2 N–H and O–H groups in total. The molecule has 0 amide bonds. The number of hydrogen-bond donors (Lipinski definition) is 2. The molecule has 0 saturated carbocycles. The summed E-state index contributed by atoms with van der Waals surface area (Å²) in [5.41, 5.74) is 0.961. The molecule has 2 aromatic rings. The number of halogens is 1. The third-order valence-corrected chi connectivity index (χ3v) is 4.97. The van der Waals surface area contributed by atoms with Gasteiger partial charge in [-0.3, -0.25) is 0 Å². The molecule has 30 heavy (non-hydrogen) atoms. The van der Waals surface area contributed by atoms with Crippen molar-refractivity contribution in [3.05, 3.63) is 23.3 Å². The molecule has 0 atom stereocenters. The van der Waals surface area contributed by atoms with Gasteiger partial charge < -0.3 is 19.7 Å². The number of aromatic nitrogens is 4. The van der Waals surface area contributed by atoms with Crippen molar-refractivity contribution in [1.82, 2.24) is 30.6 Å². The summed E-state index contributed by atoms with van der Waals surface area (Å²) in [7, 11) is 0. The van der Waals surface area contributed by atoms with Crippen molar-refractivity contribution < 1.29 is 4.52 Å². The van der Waals surface area contributed by atoms with Gasteiger partial charge in [-0.1, -0.05) is 44.6 Å². The Morgan fingerprint density at radius 3 is 2.60 bits per heavy atom. The van der Waals surface area contributed by atoms with Gasteiger partial charge in [-0.15, -0.1) is 34.2 Å². The Morgan fingerprint density at radius 2 is 2.00 bits per heavy atom. The Labute approximate surface area is 201 Å². The first-order valence-electron chi connectivity index (χ1n) is 10.4. The number of guanidine groups is 1. The number of nitrogens with one attached hydrogen (secondary N) is 2. The topological polar surface area (TPSA) is 93.2 Å². The molecule has 10 heteroatoms. The first kappa shape index (κ1) is 26.7. The van der Waals surface area contributed by atoms with E-state index in [-0.39, 0.29) is 24.0 Å². The highest BCUT2D eigenvalue weighted by Gasteiger charge is 2.12. The molecule has 170 valence electrons. The van der Waals surface area contributed by atoms with Crippen LogP contribution in [0.2, 0.25) is 0 Å². The lowest BCUT2D eigenvalue weighted by molar-refractivity contribution is 0.376. The lowest BCUT2D eigenvalue weighted by Gasteiger charge is -2.13. The molecule has 0 aliphatic heterocycles. The second-order valence-electron chi connectivity index (χ2n) is 7.71. The number of hydrogen-bond acceptors (Lipinski definition) is 6. The minimum atomic E-state index is 0. The second-order valence-corrected chi connectivity index (χ2v) is 8.48. The molecule has 0 aliphatic rings. The maximum absolute atomic E-state index is 5.36. The van der Waals surface area contributed by atoms with E-state index in [0.717, 1.165) is 60.9 Å². The Morgan fingerprint density at radius 1 is 1.23 bits per heavy atom. The SMILES string of the molecule is CCNC(=NCc1cc(C(C)C)no1)NCCCc1nnc(SC)n1CC(C)C.I. The van der Waals surface area contributed by atoms with Crippen molar-refractivity contribution in [1.29, 1.82) is 0 Å². The van der Waals surface area contributed by atoms with Crippen molar-refractivity contribution in [3.63, 3.8) is 0 Å². The summed E-state index contributed by atoms with van der Waals surface area (Å²) in [4.78, 5) is 4.60. The van der Waals surface area contributed by atoms with E-state index in [9.17, 15) is 0 Å². The van der Waals surface area contributed by atoms with E-state index in [1.54, 1.807) is 11.8 Å². The number of rotatable bonds is 11. The predicted molar refractivity (Wildman–Crippen MR) is 134 cm³/mol. The van der Waals surface area contributed by atoms with E-state index in [4.69, 9.17) is 4.52 Å². The van der Waals surface area contributed by atoms with Gasteiger partial charge in [0, 0.05) is 32.1 Å². The van der Waals surface area contributed by atoms with Gasteiger partial charge in [-0.25, -0.2) is 4.99 Å². The highest BCUT2D eigenvalue weighted by Crippen LogP contribution is 2.17. The first-order chi connectivity index (χ1) is 13.9. The lowest BCUT2D eigenvalue weighted by atomic mass is 10.1. The summed E-state index contributed by atoms with van der Waals surface area (Å²) in [5.74, 6) is 3.52. The van der Waals surface area contributed by atoms with Gasteiger partial charge in [-0.05, 0) is 31.4 Å². The zero-order valence-electron chi connectivity index (χ0n) is 18.9. The summed E-state index contributed by atoms with van der Waals surface area (Å²) >= 11 is 1.65. The van der Waals surface area contributed by atoms with E-state index in [1.165, 1.54) is 0 Å². The van der Waals surface area contributed by atoms with Crippen LogP contribution in [0, 0.1) is 5.92 Å². The first-order valence-corrected chi connectivity index (χ1v) is 11.6. The van der Waals surface area contributed by atoms with E-state index >= 15 is 0 Å². The van der Waals surface area contributed by atoms with Crippen molar-refractivity contribution in [2.24, 2.45) is 10.9 Å². The molecule has 2 rings (SSSR count). The number of nitrogens with zero attached hydrogens (tertiary/aromatic N) is 5. The molecule has 0 unspecified atom stereocenters. The minimum absolute atomic E-state index is 0. The van der Waals surface area contributed by atoms with Crippen LogP contribution in [-0.2, 0) is 19.5 Å². The molecular formula is C20H36IN7OS. The molecule has 0 bridgehead atoms. The van der Waals surface area contributed by atoms with E-state index in [2.05, 4.69) is 70.2 Å². The molecule has 0 spiro atoms. The molecule has 0 aliphatic carbocycles. The summed E-state index contributed by atoms with van der Waals surface area (Å²) in [6.45, 7) is 13.7. The smallest absolute Gasteiger partial charge is 0.191 e. The Kier molecular flexibility index (Phi) is 12.4. The van der Waals surface area contributed by atoms with Crippen LogP contribution < -0.4 is 10.6 Å². The maximum Gasteiger partial charge on any atom is 0.191 e. The van der Waals surface area contributed by atoms with Gasteiger partial charge >= 0.3 is 0 Å². The maximum atomic E-state index is 5.36. The minimum Gasteiger partial charge on any atom is -0.359 e. The number of aryl methyl sites for hydroxylation is 1. The van der Waals surface area contributed by atoms with Crippen LogP contribution in [0.1, 0.15) is 64.2 Å². The molecule has 0 fully saturated rings. The molecule has 2 heterocycles. The summed E-state index contributed by atoms with van der Waals surface area (Å²) in [6, 6.07) is 1.97. The molecule has 0 aromatic carbocycles. The third kappa shape index (κ3) is 8.44. The van der Waals surface area contributed by atoms with Gasteiger partial charge in [0.15, 0.2) is 16.9 Å². The fourth-order valence-corrected chi connectivity index (χ4v) is 3.35. The monoisotopic (exact) mass is 549 g/mol. The van der Waals surface area contributed by atoms with E-state index in [1.807, 2.05) is 12.3 Å². The van der Waals surface area contributed by atoms with Gasteiger partial charge in [0.25, 0.3) is 0 Å². The van der Waals surface area contributed by atoms with Gasteiger partial charge in [-0.2, -0.15) is 0 Å². The van der Waals surface area contributed by atoms with Crippen LogP contribution in [0.15, 0.2) is 20.7 Å². The standard InChI is InChI=1S/C20H35N7OS.HI/c1-7-21-19(23-12-16-11-17(15(4)5)26-28-16)22-10-8-9-18-24-25-20(29-6)27(18)13-14(2)3;/h11,14-15H,7-10,12-13H2,1-6H3,(H2,21,22,23);1H. The largest absolute Gasteiger partial charge is 0.359 e. The highest BCUT2D eigenvalue weighted by molar-refractivity contribution is 14.0. The summed E-state index contributed by atoms with van der Waals surface area (Å²) in [6.07, 6.45) is 3.88. The average molecular weight is 550 g/mol. The zero-order valence-corrected chi connectivity index (χ0v) is 22.1. The predicted octanol–water partition coefficient (Wildman–Crippen LogP) is 4.07. The molecule has 8 nitrogen and oxygen atoms in total. The Hall–Kier alpha value is -1.30. The van der Waals surface area contributed by atoms with E-state index in [0.29, 0.717) is 18.4 Å². The van der Waals surface area contributed by atoms with Crippen LogP contribution in [0.25, 0.3) is 0 Å². The van der Waals surface area contributed by atoms with Crippen LogP contribution >= 0.6 is 35.7 Å². The molecule has 0 saturated heterocycles. The summed E-state index contributed by atoms with van der Waals surface area (Å²) < 4.78 is 7.60. The normalized spacial score (nSPS) is 11.8. The van der Waals surface area contributed by atoms with E-state index < -0.39 is 0 Å². The van der Waals surface area contributed by atoms with Gasteiger partial charge in [0.05, 0.1) is 5.69 Å². The summed E-state index contributed by atoms with van der Waals surface area (Å²) in [5, 5.41) is 20.4. The van der Waals surface area contributed by atoms with Crippen LogP contribution in [0.5, 0.6) is 0 Å². The average Bonchev–Trinajstić information content (AvgIpc) is 3.30. The van der Waals surface area contributed by atoms with Crippen LogP contribution in [0.3, 0.4) is 0 Å². The van der Waals surface area contributed by atoms with Crippen molar-refractivity contribution in [3.8, 4) is 0 Å². The van der Waals surface area contributed by atoms with Crippen LogP contribution in [-0.4, -0.2) is 45.2 Å². The fourth-order valence-electron chi connectivity index (χ4n) is 2.83. The van der Waals surface area contributed by atoms with Gasteiger partial charge in [0.1, 0.15) is 12.4 Å². The zero-order chi connectivity index (χ0) is 21.2. The number of thioether (sulfide) groups is 1. The van der Waals surface area contributed by atoms with Crippen LogP contribution in [0.4, 0.5) is 0 Å². The third-order valence-electron chi connectivity index (χ3n) is 4.30. The molecule has 2 aromatic heterocycles. The van der Waals surface area contributed by atoms with Gasteiger partial charge in [0.2, 0.25) is 0 Å². The van der Waals surface area contributed by atoms with Crippen molar-refractivity contribution in [2.45, 2.75) is 71.6 Å². The molecule has 0 radical (unpaired) electrons. The van der Waals surface area contributed by atoms with Crippen molar-refractivity contribution >= 4 is 41.7 Å². The molecular weight excluding hydrogens is 513 g/mol. The Bertz CT molecular complexity index is 773. The fraction of sp³-hybridized carbons (Fsp3) is 0.700. The Balaban J connectivity index is 0.00000450. The highest BCUT2D eigenvalue weighted by atomic mass is 127. The van der Waals surface area contributed by atoms with Crippen molar-refractivity contribution in [2.75, 3.05) is 19.3 Å². The quantitative estimate of drug-likeness (QED) is 0.144. The number of aliphatic imine (C=N–C) groups is 1.